The van der Waals surface area contributed by atoms with Gasteiger partial charge in [0.05, 0.1) is 22.5 Å². The predicted molar refractivity (Wildman–Crippen MR) is 76.4 cm³/mol. The molecule has 0 atom stereocenters. The van der Waals surface area contributed by atoms with Crippen molar-refractivity contribution in [1.82, 2.24) is 4.98 Å². The van der Waals surface area contributed by atoms with Gasteiger partial charge < -0.3 is 5.32 Å². The highest BCUT2D eigenvalue weighted by Gasteiger charge is 2.12. The van der Waals surface area contributed by atoms with Crippen molar-refractivity contribution in [2.75, 3.05) is 5.32 Å². The van der Waals surface area contributed by atoms with E-state index >= 15 is 0 Å². The van der Waals surface area contributed by atoms with Crippen LogP contribution in [0.3, 0.4) is 0 Å². The molecule has 6 heteroatoms. The Balaban J connectivity index is 2.28. The Bertz CT molecular complexity index is 604. The van der Waals surface area contributed by atoms with Crippen molar-refractivity contribution in [3.63, 3.8) is 0 Å². The van der Waals surface area contributed by atoms with E-state index in [0.29, 0.717) is 25.8 Å². The predicted octanol–water partition coefficient (Wildman–Crippen LogP) is 4.40. The van der Waals surface area contributed by atoms with Crippen molar-refractivity contribution in [3.8, 4) is 0 Å². The molecule has 1 aromatic carbocycles. The van der Waals surface area contributed by atoms with Crippen molar-refractivity contribution in [1.29, 1.82) is 0 Å². The van der Waals surface area contributed by atoms with Gasteiger partial charge in [0.15, 0.2) is 0 Å². The summed E-state index contributed by atoms with van der Waals surface area (Å²) in [5, 5.41) is 3.59. The number of aromatic nitrogens is 1. The van der Waals surface area contributed by atoms with Crippen molar-refractivity contribution >= 4 is 50.7 Å². The third-order valence-electron chi connectivity index (χ3n) is 2.19. The first kappa shape index (κ1) is 13.3. The Hall–Kier alpha value is -1.10. The minimum absolute atomic E-state index is 0.306. The average Bonchev–Trinajstić information content (AvgIpc) is 2.35. The van der Waals surface area contributed by atoms with Gasteiger partial charge in [-0.1, -0.05) is 23.2 Å². The van der Waals surface area contributed by atoms with E-state index in [1.807, 2.05) is 0 Å². The SMILES string of the molecule is O=C(Nc1cnccc1Cl)c1cc(Cl)ccc1Br. The van der Waals surface area contributed by atoms with Crippen LogP contribution in [0, 0.1) is 0 Å². The summed E-state index contributed by atoms with van der Waals surface area (Å²) in [5.41, 5.74) is 0.887. The summed E-state index contributed by atoms with van der Waals surface area (Å²) in [6.07, 6.45) is 3.03. The zero-order valence-corrected chi connectivity index (χ0v) is 12.1. The highest BCUT2D eigenvalue weighted by molar-refractivity contribution is 9.10. The van der Waals surface area contributed by atoms with Gasteiger partial charge in [0.2, 0.25) is 0 Å². The third-order valence-corrected chi connectivity index (χ3v) is 3.45. The number of carbonyl (C=O) groups excluding carboxylic acids is 1. The van der Waals surface area contributed by atoms with E-state index in [2.05, 4.69) is 26.2 Å². The number of amides is 1. The number of hydrogen-bond donors (Lipinski definition) is 1. The van der Waals surface area contributed by atoms with Crippen molar-refractivity contribution in [3.05, 3.63) is 56.7 Å². The number of carbonyl (C=O) groups is 1. The molecule has 3 nitrogen and oxygen atoms in total. The molecule has 0 aliphatic heterocycles. The van der Waals surface area contributed by atoms with Crippen LogP contribution in [0.1, 0.15) is 10.4 Å². The van der Waals surface area contributed by atoms with Gasteiger partial charge in [-0.25, -0.2) is 0 Å². The van der Waals surface area contributed by atoms with Crippen LogP contribution in [0.25, 0.3) is 0 Å². The Morgan fingerprint density at radius 2 is 2.06 bits per heavy atom. The molecule has 2 rings (SSSR count). The lowest BCUT2D eigenvalue weighted by atomic mass is 10.2. The van der Waals surface area contributed by atoms with Crippen molar-refractivity contribution in [2.24, 2.45) is 0 Å². The Morgan fingerprint density at radius 3 is 2.78 bits per heavy atom. The summed E-state index contributed by atoms with van der Waals surface area (Å²) in [4.78, 5) is 15.9. The van der Waals surface area contributed by atoms with Crippen LogP contribution in [0.5, 0.6) is 0 Å². The fraction of sp³-hybridized carbons (Fsp3) is 0. The van der Waals surface area contributed by atoms with Crippen LogP contribution in [-0.2, 0) is 0 Å². The van der Waals surface area contributed by atoms with Crippen LogP contribution in [0.4, 0.5) is 5.69 Å². The Morgan fingerprint density at radius 1 is 1.28 bits per heavy atom. The maximum Gasteiger partial charge on any atom is 0.256 e. The van der Waals surface area contributed by atoms with Gasteiger partial charge in [-0.05, 0) is 40.2 Å². The maximum absolute atomic E-state index is 12.1. The molecule has 2 aromatic rings. The molecule has 0 fully saturated rings. The van der Waals surface area contributed by atoms with E-state index in [-0.39, 0.29) is 5.91 Å². The largest absolute Gasteiger partial charge is 0.319 e. The molecule has 18 heavy (non-hydrogen) atoms. The van der Waals surface area contributed by atoms with Crippen LogP contribution in [0.15, 0.2) is 41.1 Å². The van der Waals surface area contributed by atoms with Gasteiger partial charge >= 0.3 is 0 Å². The lowest BCUT2D eigenvalue weighted by Gasteiger charge is -2.08. The number of pyridine rings is 1. The Kier molecular flexibility index (Phi) is 4.22. The summed E-state index contributed by atoms with van der Waals surface area (Å²) >= 11 is 15.1. The molecular weight excluding hydrogens is 339 g/mol. The highest BCUT2D eigenvalue weighted by atomic mass is 79.9. The smallest absolute Gasteiger partial charge is 0.256 e. The van der Waals surface area contributed by atoms with Crippen LogP contribution < -0.4 is 5.32 Å². The number of hydrogen-bond acceptors (Lipinski definition) is 2. The number of anilines is 1. The number of nitrogens with one attached hydrogen (secondary N) is 1. The summed E-state index contributed by atoms with van der Waals surface area (Å²) in [5.74, 6) is -0.306. The van der Waals surface area contributed by atoms with E-state index in [9.17, 15) is 4.79 Å². The first-order valence-electron chi connectivity index (χ1n) is 4.94. The van der Waals surface area contributed by atoms with E-state index < -0.39 is 0 Å². The zero-order valence-electron chi connectivity index (χ0n) is 8.95. The van der Waals surface area contributed by atoms with Gasteiger partial charge in [-0.15, -0.1) is 0 Å². The molecule has 0 aliphatic rings. The van der Waals surface area contributed by atoms with Crippen molar-refractivity contribution < 1.29 is 4.79 Å². The maximum atomic E-state index is 12.1. The molecule has 1 amide bonds. The van der Waals surface area contributed by atoms with Crippen molar-refractivity contribution in [2.45, 2.75) is 0 Å². The minimum Gasteiger partial charge on any atom is -0.319 e. The van der Waals surface area contributed by atoms with Gasteiger partial charge in [-0.3, -0.25) is 9.78 Å². The van der Waals surface area contributed by atoms with Gasteiger partial charge in [0, 0.05) is 15.7 Å². The normalized spacial score (nSPS) is 10.2. The molecule has 0 spiro atoms. The lowest BCUT2D eigenvalue weighted by molar-refractivity contribution is 0.102. The van der Waals surface area contributed by atoms with E-state index in [4.69, 9.17) is 23.2 Å². The van der Waals surface area contributed by atoms with E-state index in [0.717, 1.165) is 0 Å². The summed E-state index contributed by atoms with van der Waals surface area (Å²) in [6.45, 7) is 0. The molecule has 92 valence electrons. The first-order valence-corrected chi connectivity index (χ1v) is 6.49. The highest BCUT2D eigenvalue weighted by Crippen LogP contribution is 2.24. The molecule has 1 N–H and O–H groups in total. The molecule has 1 heterocycles. The molecule has 0 unspecified atom stereocenters. The second-order valence-electron chi connectivity index (χ2n) is 3.43. The zero-order chi connectivity index (χ0) is 13.1. The standard InChI is InChI=1S/C12H7BrCl2N2O/c13-9-2-1-7(14)5-8(9)12(18)17-11-6-16-4-3-10(11)15/h1-6H,(H,17,18). The fourth-order valence-electron chi connectivity index (χ4n) is 1.33. The van der Waals surface area contributed by atoms with Gasteiger partial charge in [0.1, 0.15) is 0 Å². The molecule has 0 bridgehead atoms. The Labute approximate surface area is 122 Å². The molecule has 1 aromatic heterocycles. The molecular formula is C12H7BrCl2N2O. The van der Waals surface area contributed by atoms with E-state index in [1.54, 1.807) is 30.5 Å². The van der Waals surface area contributed by atoms with Crippen LogP contribution >= 0.6 is 39.1 Å². The molecule has 0 aliphatic carbocycles. The molecule has 0 radical (unpaired) electrons. The number of halogens is 3. The third kappa shape index (κ3) is 3.02. The average molecular weight is 346 g/mol. The second-order valence-corrected chi connectivity index (χ2v) is 5.13. The summed E-state index contributed by atoms with van der Waals surface area (Å²) < 4.78 is 0.657. The monoisotopic (exact) mass is 344 g/mol. The number of nitrogens with zero attached hydrogens (tertiary/aromatic N) is 1. The van der Waals surface area contributed by atoms with Gasteiger partial charge in [0.25, 0.3) is 5.91 Å². The van der Waals surface area contributed by atoms with Crippen LogP contribution in [0.2, 0.25) is 10.0 Å². The van der Waals surface area contributed by atoms with Gasteiger partial charge in [-0.2, -0.15) is 0 Å². The molecule has 0 saturated carbocycles. The quantitative estimate of drug-likeness (QED) is 0.876. The fourth-order valence-corrected chi connectivity index (χ4v) is 2.08. The van der Waals surface area contributed by atoms with E-state index in [1.165, 1.54) is 6.20 Å². The minimum atomic E-state index is -0.306. The first-order chi connectivity index (χ1) is 8.58. The number of rotatable bonds is 2. The number of benzene rings is 1. The molecule has 0 saturated heterocycles. The lowest BCUT2D eigenvalue weighted by Crippen LogP contribution is -2.13. The van der Waals surface area contributed by atoms with Crippen LogP contribution in [-0.4, -0.2) is 10.9 Å². The topological polar surface area (TPSA) is 42.0 Å². The summed E-state index contributed by atoms with van der Waals surface area (Å²) in [7, 11) is 0. The second kappa shape index (κ2) is 5.69. The summed E-state index contributed by atoms with van der Waals surface area (Å²) in [6, 6.07) is 6.58.